The number of hydrogen-bond donors (Lipinski definition) is 3. The number of amides is 1. The van der Waals surface area contributed by atoms with E-state index in [1.165, 1.54) is 270 Å². The number of allylic oxidation sites excluding steroid dienone is 3. The summed E-state index contributed by atoms with van der Waals surface area (Å²) in [6.07, 6.45) is 72.1. The lowest BCUT2D eigenvalue weighted by Crippen LogP contribution is -2.45. The molecular weight excluding hydrogens is 851 g/mol. The van der Waals surface area contributed by atoms with Gasteiger partial charge in [0, 0.05) is 12.8 Å². The van der Waals surface area contributed by atoms with Crippen molar-refractivity contribution in [3.8, 4) is 0 Å². The SMILES string of the molecule is CCCCCCCC/C=C\CCCCCCCC(=O)OCCCCCCCCCCCCCCCCCCCC(=O)NC(CO)C(O)/C=C/CCCCCCCCCCCCCCCCCCCC. The van der Waals surface area contributed by atoms with Crippen LogP contribution in [-0.4, -0.2) is 47.4 Å². The minimum Gasteiger partial charge on any atom is -0.466 e. The number of carbonyl (C=O) groups is 2. The van der Waals surface area contributed by atoms with Crippen molar-refractivity contribution in [1.29, 1.82) is 0 Å². The van der Waals surface area contributed by atoms with Crippen LogP contribution >= 0.6 is 0 Å². The Labute approximate surface area is 431 Å². The number of hydrogen-bond acceptors (Lipinski definition) is 5. The Hall–Kier alpha value is -1.66. The molecule has 0 aromatic rings. The summed E-state index contributed by atoms with van der Waals surface area (Å²) in [7, 11) is 0. The summed E-state index contributed by atoms with van der Waals surface area (Å²) in [6.45, 7) is 4.91. The molecule has 2 atom stereocenters. The summed E-state index contributed by atoms with van der Waals surface area (Å²) in [5.41, 5.74) is 0. The van der Waals surface area contributed by atoms with Crippen molar-refractivity contribution < 1.29 is 24.5 Å². The van der Waals surface area contributed by atoms with Gasteiger partial charge in [-0.3, -0.25) is 9.59 Å². The van der Waals surface area contributed by atoms with E-state index in [2.05, 4.69) is 31.3 Å². The van der Waals surface area contributed by atoms with Gasteiger partial charge in [0.25, 0.3) is 0 Å². The second-order valence-electron chi connectivity index (χ2n) is 21.4. The van der Waals surface area contributed by atoms with Crippen molar-refractivity contribution in [2.45, 2.75) is 353 Å². The van der Waals surface area contributed by atoms with Crippen molar-refractivity contribution in [3.05, 3.63) is 24.3 Å². The van der Waals surface area contributed by atoms with Gasteiger partial charge < -0.3 is 20.3 Å². The fraction of sp³-hybridized carbons (Fsp3) is 0.905. The first-order valence-electron chi connectivity index (χ1n) is 31.1. The van der Waals surface area contributed by atoms with E-state index in [0.717, 1.165) is 44.9 Å². The molecule has 2 unspecified atom stereocenters. The predicted octanol–water partition coefficient (Wildman–Crippen LogP) is 19.4. The third-order valence-electron chi connectivity index (χ3n) is 14.5. The topological polar surface area (TPSA) is 95.9 Å². The standard InChI is InChI=1S/C63H121NO5/c1-3-5-7-9-11-13-15-17-19-20-21-22-24-28-31-35-39-43-47-51-55-61(66)60(59-65)64-62(67)56-52-48-44-40-36-32-29-25-23-26-30-34-38-42-46-50-54-58-69-63(68)57-53-49-45-41-37-33-27-18-16-14-12-10-8-6-4-2/h18,27,51,55,60-61,65-66H,3-17,19-26,28-50,52-54,56-59H2,1-2H3,(H,64,67)/b27-18-,55-51+. The van der Waals surface area contributed by atoms with Gasteiger partial charge in [-0.2, -0.15) is 0 Å². The van der Waals surface area contributed by atoms with E-state index in [1.807, 2.05) is 6.08 Å². The summed E-state index contributed by atoms with van der Waals surface area (Å²) in [5, 5.41) is 23.2. The molecule has 0 aromatic carbocycles. The molecule has 0 saturated heterocycles. The summed E-state index contributed by atoms with van der Waals surface area (Å²) in [4.78, 5) is 24.6. The number of unbranched alkanes of at least 4 members (excludes halogenated alkanes) is 45. The summed E-state index contributed by atoms with van der Waals surface area (Å²) >= 11 is 0. The number of nitrogens with one attached hydrogen (secondary N) is 1. The van der Waals surface area contributed by atoms with Crippen molar-refractivity contribution >= 4 is 11.9 Å². The molecule has 0 heterocycles. The average molecular weight is 973 g/mol. The highest BCUT2D eigenvalue weighted by Crippen LogP contribution is 2.17. The molecule has 0 fully saturated rings. The van der Waals surface area contributed by atoms with Crippen molar-refractivity contribution in [3.63, 3.8) is 0 Å². The Morgan fingerprint density at radius 3 is 1.03 bits per heavy atom. The second-order valence-corrected chi connectivity index (χ2v) is 21.4. The zero-order valence-electron chi connectivity index (χ0n) is 46.6. The molecule has 3 N–H and O–H groups in total. The molecule has 0 aromatic heterocycles. The van der Waals surface area contributed by atoms with Crippen molar-refractivity contribution in [2.24, 2.45) is 0 Å². The van der Waals surface area contributed by atoms with Crippen LogP contribution in [0, 0.1) is 0 Å². The lowest BCUT2D eigenvalue weighted by Gasteiger charge is -2.20. The molecule has 0 saturated carbocycles. The first-order chi connectivity index (χ1) is 34.0. The monoisotopic (exact) mass is 972 g/mol. The molecular formula is C63H121NO5. The van der Waals surface area contributed by atoms with Crippen molar-refractivity contribution in [1.82, 2.24) is 5.32 Å². The van der Waals surface area contributed by atoms with Crippen LogP contribution in [0.25, 0.3) is 0 Å². The number of aliphatic hydroxyl groups is 2. The largest absolute Gasteiger partial charge is 0.466 e. The van der Waals surface area contributed by atoms with Crippen LogP contribution in [0.2, 0.25) is 0 Å². The van der Waals surface area contributed by atoms with Gasteiger partial charge in [-0.25, -0.2) is 0 Å². The minimum atomic E-state index is -0.849. The lowest BCUT2D eigenvalue weighted by molar-refractivity contribution is -0.143. The van der Waals surface area contributed by atoms with E-state index in [9.17, 15) is 19.8 Å². The van der Waals surface area contributed by atoms with Gasteiger partial charge in [-0.05, 0) is 57.8 Å². The Balaban J connectivity index is 3.45. The van der Waals surface area contributed by atoms with Gasteiger partial charge in [-0.15, -0.1) is 0 Å². The van der Waals surface area contributed by atoms with Crippen LogP contribution in [0.4, 0.5) is 0 Å². The molecule has 69 heavy (non-hydrogen) atoms. The first-order valence-corrected chi connectivity index (χ1v) is 31.1. The average Bonchev–Trinajstić information content (AvgIpc) is 3.35. The molecule has 1 amide bonds. The number of ether oxygens (including phenoxy) is 1. The van der Waals surface area contributed by atoms with Gasteiger partial charge in [0.2, 0.25) is 5.91 Å². The van der Waals surface area contributed by atoms with Crippen molar-refractivity contribution in [2.75, 3.05) is 13.2 Å². The zero-order chi connectivity index (χ0) is 50.0. The minimum absolute atomic E-state index is 0.00289. The third kappa shape index (κ3) is 55.5. The Bertz CT molecular complexity index is 1080. The molecule has 0 radical (unpaired) electrons. The number of rotatable bonds is 58. The van der Waals surface area contributed by atoms with E-state index in [4.69, 9.17) is 4.74 Å². The smallest absolute Gasteiger partial charge is 0.305 e. The molecule has 6 heteroatoms. The second kappa shape index (κ2) is 58.9. The number of carbonyl (C=O) groups excluding carboxylic acids is 2. The summed E-state index contributed by atoms with van der Waals surface area (Å²) < 4.78 is 5.48. The van der Waals surface area contributed by atoms with Gasteiger partial charge in [0.1, 0.15) is 0 Å². The quantitative estimate of drug-likeness (QED) is 0.0321. The highest BCUT2D eigenvalue weighted by atomic mass is 16.5. The third-order valence-corrected chi connectivity index (χ3v) is 14.5. The van der Waals surface area contributed by atoms with E-state index in [0.29, 0.717) is 19.4 Å². The summed E-state index contributed by atoms with van der Waals surface area (Å²) in [6, 6.07) is -0.633. The number of aliphatic hydroxyl groups excluding tert-OH is 2. The lowest BCUT2D eigenvalue weighted by atomic mass is 10.0. The van der Waals surface area contributed by atoms with E-state index in [-0.39, 0.29) is 18.5 Å². The number of esters is 1. The van der Waals surface area contributed by atoms with Gasteiger partial charge in [0.05, 0.1) is 25.4 Å². The normalized spacial score (nSPS) is 12.7. The maximum absolute atomic E-state index is 12.5. The zero-order valence-corrected chi connectivity index (χ0v) is 46.6. The maximum atomic E-state index is 12.5. The highest BCUT2D eigenvalue weighted by Gasteiger charge is 2.18. The predicted molar refractivity (Wildman–Crippen MR) is 301 cm³/mol. The van der Waals surface area contributed by atoms with Gasteiger partial charge >= 0.3 is 5.97 Å². The Morgan fingerprint density at radius 1 is 0.391 bits per heavy atom. The maximum Gasteiger partial charge on any atom is 0.305 e. The van der Waals surface area contributed by atoms with E-state index >= 15 is 0 Å². The van der Waals surface area contributed by atoms with Crippen LogP contribution in [0.15, 0.2) is 24.3 Å². The molecule has 408 valence electrons. The van der Waals surface area contributed by atoms with Gasteiger partial charge in [-0.1, -0.05) is 295 Å². The first kappa shape index (κ1) is 67.3. The fourth-order valence-corrected chi connectivity index (χ4v) is 9.69. The highest BCUT2D eigenvalue weighted by molar-refractivity contribution is 5.76. The Morgan fingerprint density at radius 2 is 0.681 bits per heavy atom. The Kier molecular flexibility index (Phi) is 57.5. The molecule has 0 spiro atoms. The summed E-state index contributed by atoms with van der Waals surface area (Å²) in [5.74, 6) is -0.0734. The van der Waals surface area contributed by atoms with Crippen LogP contribution < -0.4 is 5.32 Å². The fourth-order valence-electron chi connectivity index (χ4n) is 9.69. The molecule has 0 aliphatic rings. The molecule has 0 aliphatic heterocycles. The van der Waals surface area contributed by atoms with Crippen LogP contribution in [0.1, 0.15) is 341 Å². The molecule has 0 aliphatic carbocycles. The van der Waals surface area contributed by atoms with E-state index in [1.54, 1.807) is 6.08 Å². The van der Waals surface area contributed by atoms with Crippen LogP contribution in [-0.2, 0) is 14.3 Å². The van der Waals surface area contributed by atoms with E-state index < -0.39 is 12.1 Å². The molecule has 0 bridgehead atoms. The van der Waals surface area contributed by atoms with Crippen LogP contribution in [0.5, 0.6) is 0 Å². The molecule has 0 rings (SSSR count). The van der Waals surface area contributed by atoms with Crippen LogP contribution in [0.3, 0.4) is 0 Å². The molecule has 6 nitrogen and oxygen atoms in total. The van der Waals surface area contributed by atoms with Gasteiger partial charge in [0.15, 0.2) is 0 Å².